The number of hydrogen-bond acceptors (Lipinski definition) is 2. The van der Waals surface area contributed by atoms with Crippen LogP contribution in [0.5, 0.6) is 0 Å². The summed E-state index contributed by atoms with van der Waals surface area (Å²) in [7, 11) is 0. The number of nitrogens with one attached hydrogen (secondary N) is 1. The molecule has 0 radical (unpaired) electrons. The maximum Gasteiger partial charge on any atom is 0.244 e. The minimum Gasteiger partial charge on any atom is -0.323 e. The fraction of sp³-hybridized carbons (Fsp3) is 0.385. The number of carbonyl (C=O) groups excluding carboxylic acids is 1. The van der Waals surface area contributed by atoms with Crippen molar-refractivity contribution in [3.8, 4) is 6.07 Å². The van der Waals surface area contributed by atoms with Gasteiger partial charge < -0.3 is 5.32 Å². The molecule has 0 heterocycles. The van der Waals surface area contributed by atoms with E-state index in [1.54, 1.807) is 19.9 Å². The largest absolute Gasteiger partial charge is 0.323 e. The number of hydrogen-bond donors (Lipinski definition) is 1. The Bertz CT molecular complexity index is 478. The number of anilines is 1. The van der Waals surface area contributed by atoms with E-state index in [9.17, 15) is 4.79 Å². The Balaban J connectivity index is 3.06. The summed E-state index contributed by atoms with van der Waals surface area (Å²) in [5.74, 6) is -0.353. The smallest absolute Gasteiger partial charge is 0.244 e. The van der Waals surface area contributed by atoms with Crippen molar-refractivity contribution in [3.63, 3.8) is 0 Å². The third kappa shape index (κ3) is 2.98. The molecule has 3 nitrogen and oxygen atoms in total. The zero-order chi connectivity index (χ0) is 13.2. The maximum absolute atomic E-state index is 11.9. The van der Waals surface area contributed by atoms with Gasteiger partial charge in [0, 0.05) is 0 Å². The van der Waals surface area contributed by atoms with Crippen LogP contribution in [-0.4, -0.2) is 5.91 Å². The van der Waals surface area contributed by atoms with Gasteiger partial charge >= 0.3 is 0 Å². The van der Waals surface area contributed by atoms with E-state index in [1.807, 2.05) is 26.0 Å². The number of amides is 1. The number of nitriles is 1. The summed E-state index contributed by atoms with van der Waals surface area (Å²) in [5, 5.41) is 12.1. The monoisotopic (exact) mass is 250 g/mol. The maximum atomic E-state index is 11.9. The molecule has 90 valence electrons. The summed E-state index contributed by atoms with van der Waals surface area (Å²) in [4.78, 5) is 11.9. The van der Waals surface area contributed by atoms with Crippen LogP contribution in [0, 0.1) is 30.6 Å². The van der Waals surface area contributed by atoms with Crippen LogP contribution < -0.4 is 5.32 Å². The summed E-state index contributed by atoms with van der Waals surface area (Å²) >= 11 is 6.07. The average molecular weight is 251 g/mol. The normalized spacial score (nSPS) is 10.8. The van der Waals surface area contributed by atoms with Crippen LogP contribution in [-0.2, 0) is 4.79 Å². The van der Waals surface area contributed by atoms with Crippen molar-refractivity contribution in [1.82, 2.24) is 0 Å². The van der Waals surface area contributed by atoms with Gasteiger partial charge in [0.15, 0.2) is 0 Å². The van der Waals surface area contributed by atoms with Crippen LogP contribution >= 0.6 is 11.6 Å². The summed E-state index contributed by atoms with van der Waals surface area (Å²) in [6.07, 6.45) is 0. The molecule has 17 heavy (non-hydrogen) atoms. The summed E-state index contributed by atoms with van der Waals surface area (Å²) in [5.41, 5.74) is 1.42. The molecule has 0 aliphatic rings. The lowest BCUT2D eigenvalue weighted by atomic mass is 9.94. The van der Waals surface area contributed by atoms with E-state index in [2.05, 4.69) is 5.32 Å². The van der Waals surface area contributed by atoms with Crippen LogP contribution in [0.15, 0.2) is 12.1 Å². The van der Waals surface area contributed by atoms with E-state index in [-0.39, 0.29) is 5.91 Å². The van der Waals surface area contributed by atoms with Crippen molar-refractivity contribution in [1.29, 1.82) is 5.26 Å². The topological polar surface area (TPSA) is 52.9 Å². The molecular formula is C13H15ClN2O. The highest BCUT2D eigenvalue weighted by molar-refractivity contribution is 6.34. The summed E-state index contributed by atoms with van der Waals surface area (Å²) < 4.78 is 0. The van der Waals surface area contributed by atoms with Crippen molar-refractivity contribution in [3.05, 3.63) is 28.3 Å². The van der Waals surface area contributed by atoms with E-state index in [4.69, 9.17) is 16.9 Å². The van der Waals surface area contributed by atoms with Gasteiger partial charge in [0.05, 0.1) is 16.8 Å². The first kappa shape index (κ1) is 13.5. The van der Waals surface area contributed by atoms with Crippen LogP contribution in [0.4, 0.5) is 5.69 Å². The van der Waals surface area contributed by atoms with Crippen LogP contribution in [0.1, 0.15) is 25.0 Å². The second-order valence-electron chi connectivity index (χ2n) is 4.63. The Morgan fingerprint density at radius 3 is 2.47 bits per heavy atom. The molecular weight excluding hydrogens is 236 g/mol. The van der Waals surface area contributed by atoms with Gasteiger partial charge in [-0.3, -0.25) is 4.79 Å². The van der Waals surface area contributed by atoms with E-state index >= 15 is 0 Å². The first-order valence-corrected chi connectivity index (χ1v) is 5.65. The molecule has 1 aromatic carbocycles. The first-order valence-electron chi connectivity index (χ1n) is 5.27. The Labute approximate surface area is 106 Å². The van der Waals surface area contributed by atoms with Crippen molar-refractivity contribution in [2.45, 2.75) is 27.7 Å². The number of rotatable bonds is 2. The van der Waals surface area contributed by atoms with Gasteiger partial charge in [-0.2, -0.15) is 5.26 Å². The molecule has 4 heteroatoms. The fourth-order valence-electron chi connectivity index (χ4n) is 1.39. The van der Waals surface area contributed by atoms with Gasteiger partial charge in [-0.15, -0.1) is 0 Å². The SMILES string of the molecule is Cc1cc(C)c(NC(=O)C(C)(C)C#N)c(Cl)c1. The molecule has 0 saturated carbocycles. The molecule has 0 unspecified atom stereocenters. The minimum absolute atomic E-state index is 0.353. The van der Waals surface area contributed by atoms with Crippen molar-refractivity contribution < 1.29 is 4.79 Å². The minimum atomic E-state index is -1.07. The van der Waals surface area contributed by atoms with Gasteiger partial charge in [0.2, 0.25) is 5.91 Å². The third-order valence-corrected chi connectivity index (χ3v) is 2.82. The number of benzene rings is 1. The van der Waals surface area contributed by atoms with Gasteiger partial charge in [-0.05, 0) is 44.9 Å². The molecule has 0 aliphatic carbocycles. The lowest BCUT2D eigenvalue weighted by molar-refractivity contribution is -0.121. The molecule has 0 spiro atoms. The van der Waals surface area contributed by atoms with Crippen molar-refractivity contribution >= 4 is 23.2 Å². The second kappa shape index (κ2) is 4.77. The van der Waals surface area contributed by atoms with Crippen molar-refractivity contribution in [2.75, 3.05) is 5.32 Å². The Hall–Kier alpha value is -1.53. The fourth-order valence-corrected chi connectivity index (χ4v) is 1.76. The zero-order valence-corrected chi connectivity index (χ0v) is 11.1. The molecule has 1 amide bonds. The average Bonchev–Trinajstić information content (AvgIpc) is 2.22. The van der Waals surface area contributed by atoms with Gasteiger partial charge in [0.1, 0.15) is 5.41 Å². The lowest BCUT2D eigenvalue weighted by Gasteiger charge is -2.17. The number of halogens is 1. The highest BCUT2D eigenvalue weighted by atomic mass is 35.5. The summed E-state index contributed by atoms with van der Waals surface area (Å²) in [6.45, 7) is 6.94. The zero-order valence-electron chi connectivity index (χ0n) is 10.4. The van der Waals surface area contributed by atoms with Gasteiger partial charge in [0.25, 0.3) is 0 Å². The van der Waals surface area contributed by atoms with Crippen LogP contribution in [0.2, 0.25) is 5.02 Å². The highest BCUT2D eigenvalue weighted by Crippen LogP contribution is 2.29. The van der Waals surface area contributed by atoms with Crippen LogP contribution in [0.25, 0.3) is 0 Å². The van der Waals surface area contributed by atoms with Crippen molar-refractivity contribution in [2.24, 2.45) is 5.41 Å². The summed E-state index contributed by atoms with van der Waals surface area (Å²) in [6, 6.07) is 5.67. The molecule has 0 aromatic heterocycles. The predicted octanol–water partition coefficient (Wildman–Crippen LogP) is 3.45. The molecule has 0 atom stereocenters. The second-order valence-corrected chi connectivity index (χ2v) is 5.04. The van der Waals surface area contributed by atoms with E-state index in [0.29, 0.717) is 10.7 Å². The Morgan fingerprint density at radius 1 is 1.41 bits per heavy atom. The third-order valence-electron chi connectivity index (χ3n) is 2.52. The quantitative estimate of drug-likeness (QED) is 0.874. The Morgan fingerprint density at radius 2 is 2.00 bits per heavy atom. The predicted molar refractivity (Wildman–Crippen MR) is 68.9 cm³/mol. The Kier molecular flexibility index (Phi) is 3.79. The number of aryl methyl sites for hydroxylation is 2. The van der Waals surface area contributed by atoms with Gasteiger partial charge in [-0.1, -0.05) is 17.7 Å². The molecule has 0 saturated heterocycles. The molecule has 1 aromatic rings. The van der Waals surface area contributed by atoms with E-state index in [0.717, 1.165) is 11.1 Å². The molecule has 0 aliphatic heterocycles. The number of nitrogens with zero attached hydrogens (tertiary/aromatic N) is 1. The molecule has 1 rings (SSSR count). The van der Waals surface area contributed by atoms with Gasteiger partial charge in [-0.25, -0.2) is 0 Å². The highest BCUT2D eigenvalue weighted by Gasteiger charge is 2.28. The molecule has 0 bridgehead atoms. The molecule has 0 fully saturated rings. The van der Waals surface area contributed by atoms with Crippen LogP contribution in [0.3, 0.4) is 0 Å². The van der Waals surface area contributed by atoms with E-state index in [1.165, 1.54) is 0 Å². The standard InChI is InChI=1S/C13H15ClN2O/c1-8-5-9(2)11(10(14)6-8)16-12(17)13(3,4)7-15/h5-6H,1-4H3,(H,16,17). The molecule has 1 N–H and O–H groups in total. The lowest BCUT2D eigenvalue weighted by Crippen LogP contribution is -2.29. The first-order chi connectivity index (χ1) is 7.77. The number of carbonyl (C=O) groups is 1. The van der Waals surface area contributed by atoms with E-state index < -0.39 is 5.41 Å².